The Balaban J connectivity index is 0. The van der Waals surface area contributed by atoms with Crippen LogP contribution >= 0.6 is 78.3 Å². The molecule has 0 spiro atoms. The van der Waals surface area contributed by atoms with Crippen LogP contribution in [-0.4, -0.2) is 17.9 Å². The molecule has 164 valence electrons. The molecule has 0 saturated heterocycles. The van der Waals surface area contributed by atoms with Gasteiger partial charge in [-0.05, 0) is 49.2 Å². The van der Waals surface area contributed by atoms with Gasteiger partial charge >= 0.3 is 0 Å². The van der Waals surface area contributed by atoms with Gasteiger partial charge in [0.1, 0.15) is 11.5 Å². The molecule has 0 unspecified atom stereocenters. The van der Waals surface area contributed by atoms with Gasteiger partial charge in [-0.2, -0.15) is 0 Å². The van der Waals surface area contributed by atoms with E-state index < -0.39 is 0 Å². The zero-order chi connectivity index (χ0) is 20.2. The topological polar surface area (TPSA) is 18.5 Å². The minimum Gasteiger partial charge on any atom is -0.489 e. The highest BCUT2D eigenvalue weighted by Crippen LogP contribution is 2.33. The minimum atomic E-state index is 0. The summed E-state index contributed by atoms with van der Waals surface area (Å²) in [5.74, 6) is 2.52. The summed E-state index contributed by atoms with van der Waals surface area (Å²) >= 11 is 28.5. The molecule has 1 aliphatic carbocycles. The zero-order valence-electron chi connectivity index (χ0n) is 14.2. The zero-order valence-corrected chi connectivity index (χ0v) is 20.4. The van der Waals surface area contributed by atoms with Crippen molar-refractivity contribution in [3.63, 3.8) is 0 Å². The molecular formula is C21H26Br2Cl4O2. The quantitative estimate of drug-likeness (QED) is 0.247. The average molecular weight is 612 g/mol. The molecule has 0 aromatic heterocycles. The highest BCUT2D eigenvalue weighted by molar-refractivity contribution is 9.10. The summed E-state index contributed by atoms with van der Waals surface area (Å²) in [5, 5.41) is 1.25. The summed E-state index contributed by atoms with van der Waals surface area (Å²) in [6, 6.07) is 11.1. The Hall–Kier alpha value is -0.100. The predicted octanol–water partition coefficient (Wildman–Crippen LogP) is 10.0. The van der Waals surface area contributed by atoms with E-state index in [1.807, 2.05) is 24.3 Å². The highest BCUT2D eigenvalue weighted by atomic mass is 79.9. The molecule has 0 radical (unpaired) electrons. The van der Waals surface area contributed by atoms with E-state index >= 15 is 0 Å². The van der Waals surface area contributed by atoms with Gasteiger partial charge in [0.25, 0.3) is 0 Å². The molecule has 8 heteroatoms. The third-order valence-electron chi connectivity index (χ3n) is 2.89. The van der Waals surface area contributed by atoms with E-state index in [-0.39, 0.29) is 14.9 Å². The van der Waals surface area contributed by atoms with Gasteiger partial charge in [0.2, 0.25) is 0 Å². The summed E-state index contributed by atoms with van der Waals surface area (Å²) in [6.07, 6.45) is 4.07. The van der Waals surface area contributed by atoms with Crippen LogP contribution in [0.2, 0.25) is 10.0 Å². The van der Waals surface area contributed by atoms with Gasteiger partial charge in [-0.3, -0.25) is 0 Å². The molecule has 0 N–H and O–H groups in total. The van der Waals surface area contributed by atoms with E-state index in [0.717, 1.165) is 27.5 Å². The predicted molar refractivity (Wildman–Crippen MR) is 138 cm³/mol. The second kappa shape index (κ2) is 17.6. The largest absolute Gasteiger partial charge is 0.489 e. The van der Waals surface area contributed by atoms with Crippen LogP contribution in [0.15, 0.2) is 58.2 Å². The Kier molecular flexibility index (Phi) is 18.8. The number of hydrogen-bond acceptors (Lipinski definition) is 2. The molecule has 2 nitrogen and oxygen atoms in total. The normalized spacial score (nSPS) is 11.2. The third kappa shape index (κ3) is 13.7. The molecule has 2 aromatic carbocycles. The molecule has 0 heterocycles. The monoisotopic (exact) mass is 608 g/mol. The van der Waals surface area contributed by atoms with E-state index in [0.29, 0.717) is 33.7 Å². The molecule has 1 aliphatic rings. The van der Waals surface area contributed by atoms with E-state index in [2.05, 4.69) is 38.4 Å². The van der Waals surface area contributed by atoms with Gasteiger partial charge in [0.15, 0.2) is 0 Å². The summed E-state index contributed by atoms with van der Waals surface area (Å²) in [6.45, 7) is 3.43. The first-order valence-electron chi connectivity index (χ1n) is 7.87. The van der Waals surface area contributed by atoms with Crippen LogP contribution in [0.5, 0.6) is 11.5 Å². The molecule has 3 rings (SSSR count). The van der Waals surface area contributed by atoms with Gasteiger partial charge in [-0.15, -0.1) is 23.2 Å². The van der Waals surface area contributed by atoms with Crippen molar-refractivity contribution in [2.24, 2.45) is 0 Å². The maximum atomic E-state index is 5.95. The summed E-state index contributed by atoms with van der Waals surface area (Å²) in [5.41, 5.74) is 0. The molecule has 0 aliphatic heterocycles. The van der Waals surface area contributed by atoms with Crippen LogP contribution in [0.25, 0.3) is 0 Å². The lowest BCUT2D eigenvalue weighted by Gasteiger charge is -2.05. The minimum absolute atomic E-state index is 0. The van der Waals surface area contributed by atoms with E-state index in [1.165, 1.54) is 6.26 Å². The lowest BCUT2D eigenvalue weighted by molar-refractivity contribution is 0.303. The molecule has 0 bridgehead atoms. The van der Waals surface area contributed by atoms with Crippen molar-refractivity contribution < 1.29 is 9.47 Å². The molecule has 1 saturated carbocycles. The first-order valence-corrected chi connectivity index (χ1v) is 11.3. The van der Waals surface area contributed by atoms with Crippen molar-refractivity contribution >= 4 is 78.3 Å². The average Bonchev–Trinajstić information content (AvgIpc) is 3.45. The SMILES string of the molecule is C.C.C=COc1ccc(Br)cc1Cl.ClCCCl.Clc1cc(Br)ccc1OC1CC1. The van der Waals surface area contributed by atoms with E-state index in [4.69, 9.17) is 55.9 Å². The molecular weight excluding hydrogens is 586 g/mol. The smallest absolute Gasteiger partial charge is 0.145 e. The first kappa shape index (κ1) is 31.1. The maximum Gasteiger partial charge on any atom is 0.145 e. The van der Waals surface area contributed by atoms with E-state index in [1.54, 1.807) is 12.1 Å². The van der Waals surface area contributed by atoms with Crippen molar-refractivity contribution in [2.45, 2.75) is 33.8 Å². The number of hydrogen-bond donors (Lipinski definition) is 0. The third-order valence-corrected chi connectivity index (χ3v) is 5.04. The fraction of sp³-hybridized carbons (Fsp3) is 0.333. The van der Waals surface area contributed by atoms with Crippen molar-refractivity contribution in [1.82, 2.24) is 0 Å². The lowest BCUT2D eigenvalue weighted by atomic mass is 10.3. The van der Waals surface area contributed by atoms with Crippen LogP contribution in [-0.2, 0) is 0 Å². The number of benzene rings is 2. The van der Waals surface area contributed by atoms with Crippen molar-refractivity contribution in [1.29, 1.82) is 0 Å². The Bertz CT molecular complexity index is 724. The Labute approximate surface area is 211 Å². The number of halogens is 6. The van der Waals surface area contributed by atoms with Crippen molar-refractivity contribution in [3.05, 3.63) is 68.2 Å². The number of rotatable bonds is 5. The fourth-order valence-electron chi connectivity index (χ4n) is 1.60. The Morgan fingerprint density at radius 1 is 0.897 bits per heavy atom. The van der Waals surface area contributed by atoms with Gasteiger partial charge in [0.05, 0.1) is 22.4 Å². The van der Waals surface area contributed by atoms with Crippen LogP contribution < -0.4 is 9.47 Å². The second-order valence-corrected chi connectivity index (χ2v) is 8.53. The van der Waals surface area contributed by atoms with E-state index in [9.17, 15) is 0 Å². The van der Waals surface area contributed by atoms with Crippen molar-refractivity contribution in [2.75, 3.05) is 11.8 Å². The molecule has 2 aromatic rings. The first-order chi connectivity index (χ1) is 12.9. The molecule has 0 atom stereocenters. The summed E-state index contributed by atoms with van der Waals surface area (Å²) in [4.78, 5) is 0. The fourth-order valence-corrected chi connectivity index (χ4v) is 3.03. The van der Waals surface area contributed by atoms with Crippen LogP contribution in [0.1, 0.15) is 27.7 Å². The van der Waals surface area contributed by atoms with Crippen LogP contribution in [0.4, 0.5) is 0 Å². The summed E-state index contributed by atoms with van der Waals surface area (Å²) < 4.78 is 12.5. The Morgan fingerprint density at radius 3 is 1.69 bits per heavy atom. The molecule has 0 amide bonds. The van der Waals surface area contributed by atoms with Gasteiger partial charge in [-0.25, -0.2) is 0 Å². The maximum absolute atomic E-state index is 5.95. The lowest BCUT2D eigenvalue weighted by Crippen LogP contribution is -1.95. The molecule has 29 heavy (non-hydrogen) atoms. The van der Waals surface area contributed by atoms with Gasteiger partial charge < -0.3 is 9.47 Å². The van der Waals surface area contributed by atoms with Gasteiger partial charge in [0, 0.05) is 20.7 Å². The number of alkyl halides is 2. The highest BCUT2D eigenvalue weighted by Gasteiger charge is 2.24. The number of ether oxygens (including phenoxy) is 2. The molecule has 1 fully saturated rings. The van der Waals surface area contributed by atoms with Crippen LogP contribution in [0, 0.1) is 0 Å². The van der Waals surface area contributed by atoms with Gasteiger partial charge in [-0.1, -0.05) is 76.5 Å². The summed E-state index contributed by atoms with van der Waals surface area (Å²) in [7, 11) is 0. The standard InChI is InChI=1S/C9H8BrClO.C8H6BrClO.C2H4Cl2.2CH4/c10-6-1-4-9(8(11)5-6)12-7-2-3-7;1-2-11-8-4-3-6(9)5-7(8)10;3-1-2-4;;/h1,4-5,7H,2-3H2;2-5H,1H2;1-2H2;2*1H4. The Morgan fingerprint density at radius 2 is 1.34 bits per heavy atom. The second-order valence-electron chi connectivity index (χ2n) is 5.13. The van der Waals surface area contributed by atoms with Crippen LogP contribution in [0.3, 0.4) is 0 Å². The van der Waals surface area contributed by atoms with Crippen molar-refractivity contribution in [3.8, 4) is 11.5 Å².